The summed E-state index contributed by atoms with van der Waals surface area (Å²) in [5, 5.41) is 19.2. The molecule has 1 rings (SSSR count). The second-order valence-electron chi connectivity index (χ2n) is 3.19. The summed E-state index contributed by atoms with van der Waals surface area (Å²) in [6, 6.07) is 0. The molecule has 0 amide bonds. The van der Waals surface area contributed by atoms with Gasteiger partial charge in [-0.3, -0.25) is 0 Å². The Morgan fingerprint density at radius 3 is 1.62 bits per heavy atom. The molecular weight excluding hydrogens is 164 g/mol. The third-order valence-corrected chi connectivity index (χ3v) is 2.43. The molecule has 1 aromatic carbocycles. The summed E-state index contributed by atoms with van der Waals surface area (Å²) in [7, 11) is 0. The van der Waals surface area contributed by atoms with Gasteiger partial charge in [-0.1, -0.05) is 12.7 Å². The second kappa shape index (κ2) is 3.13. The molecule has 0 aliphatic carbocycles. The molecule has 70 valence electrons. The van der Waals surface area contributed by atoms with Crippen molar-refractivity contribution in [2.75, 3.05) is 0 Å². The van der Waals surface area contributed by atoms with Gasteiger partial charge in [0.2, 0.25) is 0 Å². The lowest BCUT2D eigenvalue weighted by Crippen LogP contribution is -1.91. The fourth-order valence-corrected chi connectivity index (χ4v) is 1.52. The van der Waals surface area contributed by atoms with Gasteiger partial charge in [0.05, 0.1) is 0 Å². The second-order valence-corrected chi connectivity index (χ2v) is 3.19. The van der Waals surface area contributed by atoms with E-state index in [0.29, 0.717) is 5.56 Å². The molecular formula is C11H14O2. The van der Waals surface area contributed by atoms with E-state index in [-0.39, 0.29) is 11.5 Å². The molecule has 1 aromatic rings. The summed E-state index contributed by atoms with van der Waals surface area (Å²) >= 11 is 0. The van der Waals surface area contributed by atoms with E-state index in [0.717, 1.165) is 16.7 Å². The Kier molecular flexibility index (Phi) is 2.32. The standard InChI is InChI=1S/C11H14O2/c1-5-9-6(2)10(12)8(4)11(13)7(9)3/h5,12-13H,1H2,2-4H3. The van der Waals surface area contributed by atoms with Crippen molar-refractivity contribution in [1.29, 1.82) is 0 Å². The van der Waals surface area contributed by atoms with Crippen molar-refractivity contribution < 1.29 is 10.2 Å². The topological polar surface area (TPSA) is 40.5 Å². The fraction of sp³-hybridized carbons (Fsp3) is 0.273. The summed E-state index contributed by atoms with van der Waals surface area (Å²) in [5.74, 6) is 0.302. The Bertz CT molecular complexity index is 336. The van der Waals surface area contributed by atoms with E-state index in [1.807, 2.05) is 13.8 Å². The molecule has 2 heteroatoms. The molecule has 0 spiro atoms. The minimum absolute atomic E-state index is 0.151. The van der Waals surface area contributed by atoms with Gasteiger partial charge in [0, 0.05) is 5.56 Å². The van der Waals surface area contributed by atoms with Gasteiger partial charge in [0.1, 0.15) is 11.5 Å². The van der Waals surface area contributed by atoms with E-state index in [1.165, 1.54) is 0 Å². The first-order valence-electron chi connectivity index (χ1n) is 4.14. The zero-order chi connectivity index (χ0) is 10.2. The molecule has 0 unspecified atom stereocenters. The highest BCUT2D eigenvalue weighted by Gasteiger charge is 2.13. The number of hydrogen-bond donors (Lipinski definition) is 2. The van der Waals surface area contributed by atoms with Crippen LogP contribution in [0.4, 0.5) is 0 Å². The molecule has 0 aromatic heterocycles. The van der Waals surface area contributed by atoms with Crippen LogP contribution in [0.15, 0.2) is 6.58 Å². The lowest BCUT2D eigenvalue weighted by Gasteiger charge is -2.12. The van der Waals surface area contributed by atoms with Gasteiger partial charge in [-0.25, -0.2) is 0 Å². The quantitative estimate of drug-likeness (QED) is 0.694. The molecule has 0 saturated carbocycles. The number of benzene rings is 1. The zero-order valence-electron chi connectivity index (χ0n) is 8.18. The van der Waals surface area contributed by atoms with Gasteiger partial charge in [0.15, 0.2) is 0 Å². The predicted octanol–water partition coefficient (Wildman–Crippen LogP) is 2.67. The molecule has 0 atom stereocenters. The highest BCUT2D eigenvalue weighted by molar-refractivity contribution is 5.66. The van der Waals surface area contributed by atoms with Crippen LogP contribution >= 0.6 is 0 Å². The van der Waals surface area contributed by atoms with Crippen LogP contribution < -0.4 is 0 Å². The fourth-order valence-electron chi connectivity index (χ4n) is 1.52. The monoisotopic (exact) mass is 178 g/mol. The van der Waals surface area contributed by atoms with Gasteiger partial charge in [-0.05, 0) is 37.5 Å². The number of aromatic hydroxyl groups is 2. The van der Waals surface area contributed by atoms with Crippen molar-refractivity contribution in [2.24, 2.45) is 0 Å². The van der Waals surface area contributed by atoms with Crippen molar-refractivity contribution in [3.63, 3.8) is 0 Å². The first kappa shape index (κ1) is 9.65. The molecule has 2 N–H and O–H groups in total. The predicted molar refractivity (Wildman–Crippen MR) is 54.1 cm³/mol. The summed E-state index contributed by atoms with van der Waals surface area (Å²) in [6.45, 7) is 8.96. The summed E-state index contributed by atoms with van der Waals surface area (Å²) < 4.78 is 0. The van der Waals surface area contributed by atoms with E-state index in [1.54, 1.807) is 13.0 Å². The maximum Gasteiger partial charge on any atom is 0.125 e. The molecule has 0 aliphatic rings. The van der Waals surface area contributed by atoms with Crippen LogP contribution in [-0.2, 0) is 0 Å². The minimum Gasteiger partial charge on any atom is -0.507 e. The molecule has 0 aliphatic heterocycles. The third-order valence-electron chi connectivity index (χ3n) is 2.43. The van der Waals surface area contributed by atoms with Crippen LogP contribution in [0.3, 0.4) is 0 Å². The molecule has 2 nitrogen and oxygen atoms in total. The first-order chi connectivity index (χ1) is 6.00. The SMILES string of the molecule is C=Cc1c(C)c(O)c(C)c(O)c1C. The smallest absolute Gasteiger partial charge is 0.125 e. The molecule has 0 fully saturated rings. The summed E-state index contributed by atoms with van der Waals surface area (Å²) in [6.07, 6.45) is 1.64. The highest BCUT2D eigenvalue weighted by atomic mass is 16.3. The highest BCUT2D eigenvalue weighted by Crippen LogP contribution is 2.36. The van der Waals surface area contributed by atoms with E-state index in [4.69, 9.17) is 0 Å². The Morgan fingerprint density at radius 2 is 1.31 bits per heavy atom. The zero-order valence-corrected chi connectivity index (χ0v) is 8.18. The molecule has 13 heavy (non-hydrogen) atoms. The Hall–Kier alpha value is -1.44. The molecule has 0 heterocycles. The maximum atomic E-state index is 9.62. The van der Waals surface area contributed by atoms with E-state index in [9.17, 15) is 10.2 Å². The minimum atomic E-state index is 0.151. The van der Waals surface area contributed by atoms with Gasteiger partial charge in [-0.2, -0.15) is 0 Å². The molecule has 0 bridgehead atoms. The average molecular weight is 178 g/mol. The lowest BCUT2D eigenvalue weighted by atomic mass is 9.97. The van der Waals surface area contributed by atoms with Gasteiger partial charge >= 0.3 is 0 Å². The normalized spacial score (nSPS) is 10.1. The van der Waals surface area contributed by atoms with Gasteiger partial charge in [0.25, 0.3) is 0 Å². The van der Waals surface area contributed by atoms with Crippen LogP contribution in [0.25, 0.3) is 6.08 Å². The van der Waals surface area contributed by atoms with Crippen molar-refractivity contribution in [2.45, 2.75) is 20.8 Å². The summed E-state index contributed by atoms with van der Waals surface area (Å²) in [5.41, 5.74) is 2.87. The Labute approximate surface area is 78.2 Å². The maximum absolute atomic E-state index is 9.62. The van der Waals surface area contributed by atoms with Gasteiger partial charge in [-0.15, -0.1) is 0 Å². The van der Waals surface area contributed by atoms with Crippen molar-refractivity contribution >= 4 is 6.08 Å². The van der Waals surface area contributed by atoms with Crippen LogP contribution in [0.5, 0.6) is 11.5 Å². The van der Waals surface area contributed by atoms with E-state index in [2.05, 4.69) is 6.58 Å². The van der Waals surface area contributed by atoms with Crippen LogP contribution in [-0.4, -0.2) is 10.2 Å². The van der Waals surface area contributed by atoms with Crippen molar-refractivity contribution in [3.8, 4) is 11.5 Å². The average Bonchev–Trinajstić information content (AvgIpc) is 2.13. The lowest BCUT2D eigenvalue weighted by molar-refractivity contribution is 0.437. The number of phenolic OH excluding ortho intramolecular Hbond substituents is 2. The van der Waals surface area contributed by atoms with Crippen LogP contribution in [0, 0.1) is 20.8 Å². The Morgan fingerprint density at radius 1 is 0.923 bits per heavy atom. The van der Waals surface area contributed by atoms with Crippen molar-refractivity contribution in [3.05, 3.63) is 28.8 Å². The van der Waals surface area contributed by atoms with Crippen LogP contribution in [0.2, 0.25) is 0 Å². The number of hydrogen-bond acceptors (Lipinski definition) is 2. The molecule has 0 saturated heterocycles. The molecule has 0 radical (unpaired) electrons. The summed E-state index contributed by atoms with van der Waals surface area (Å²) in [4.78, 5) is 0. The van der Waals surface area contributed by atoms with Crippen LogP contribution in [0.1, 0.15) is 22.3 Å². The van der Waals surface area contributed by atoms with E-state index < -0.39 is 0 Å². The number of phenols is 2. The van der Waals surface area contributed by atoms with Crippen molar-refractivity contribution in [1.82, 2.24) is 0 Å². The third kappa shape index (κ3) is 1.28. The first-order valence-corrected chi connectivity index (χ1v) is 4.14. The Balaban J connectivity index is 3.66. The number of rotatable bonds is 1. The largest absolute Gasteiger partial charge is 0.507 e. The van der Waals surface area contributed by atoms with Gasteiger partial charge < -0.3 is 10.2 Å². The van der Waals surface area contributed by atoms with E-state index >= 15 is 0 Å².